The van der Waals surface area contributed by atoms with E-state index in [4.69, 9.17) is 22.1 Å². The fourth-order valence-electron chi connectivity index (χ4n) is 3.12. The van der Waals surface area contributed by atoms with Crippen molar-refractivity contribution in [3.8, 4) is 5.75 Å². The molecule has 1 unspecified atom stereocenters. The first-order valence-corrected chi connectivity index (χ1v) is 6.83. The summed E-state index contributed by atoms with van der Waals surface area (Å²) in [5.41, 5.74) is 7.30. The summed E-state index contributed by atoms with van der Waals surface area (Å²) in [6.07, 6.45) is 6.50. The first kappa shape index (κ1) is 11.4. The van der Waals surface area contributed by atoms with Gasteiger partial charge in [-0.3, -0.25) is 0 Å². The van der Waals surface area contributed by atoms with Gasteiger partial charge in [-0.15, -0.1) is 0 Å². The Bertz CT molecular complexity index is 415. The average molecular weight is 252 g/mol. The number of hydrogen-bond donors (Lipinski definition) is 1. The van der Waals surface area contributed by atoms with Gasteiger partial charge in [0.1, 0.15) is 11.9 Å². The highest BCUT2D eigenvalue weighted by molar-refractivity contribution is 6.30. The summed E-state index contributed by atoms with van der Waals surface area (Å²) in [4.78, 5) is 0. The zero-order chi connectivity index (χ0) is 11.8. The number of hydrogen-bond acceptors (Lipinski definition) is 2. The lowest BCUT2D eigenvalue weighted by molar-refractivity contribution is 0.102. The quantitative estimate of drug-likeness (QED) is 0.826. The molecule has 1 aliphatic heterocycles. The van der Waals surface area contributed by atoms with Gasteiger partial charge in [0.05, 0.1) is 0 Å². The second-order valence-electron chi connectivity index (χ2n) is 5.23. The Hall–Kier alpha value is -0.730. The van der Waals surface area contributed by atoms with Crippen LogP contribution >= 0.6 is 11.6 Å². The third kappa shape index (κ3) is 2.16. The third-order valence-electron chi connectivity index (χ3n) is 4.06. The highest BCUT2D eigenvalue weighted by atomic mass is 35.5. The topological polar surface area (TPSA) is 35.2 Å². The molecule has 0 saturated heterocycles. The Labute approximate surface area is 107 Å². The Balaban J connectivity index is 1.84. The lowest BCUT2D eigenvalue weighted by Gasteiger charge is -2.33. The zero-order valence-corrected chi connectivity index (χ0v) is 10.6. The van der Waals surface area contributed by atoms with Crippen LogP contribution in [0.15, 0.2) is 18.2 Å². The minimum Gasteiger partial charge on any atom is -0.490 e. The van der Waals surface area contributed by atoms with Crippen molar-refractivity contribution in [3.05, 3.63) is 28.8 Å². The smallest absolute Gasteiger partial charge is 0.124 e. The van der Waals surface area contributed by atoms with Crippen LogP contribution in [0.1, 0.15) is 43.7 Å². The van der Waals surface area contributed by atoms with Crippen LogP contribution in [0.25, 0.3) is 0 Å². The minimum atomic E-state index is 0.0723. The summed E-state index contributed by atoms with van der Waals surface area (Å²) in [5, 5.41) is 0.738. The van der Waals surface area contributed by atoms with E-state index in [0.717, 1.165) is 22.8 Å². The van der Waals surface area contributed by atoms with Gasteiger partial charge in [0, 0.05) is 23.0 Å². The molecule has 3 rings (SSSR count). The van der Waals surface area contributed by atoms with Crippen molar-refractivity contribution in [2.75, 3.05) is 0 Å². The molecular weight excluding hydrogens is 234 g/mol. The largest absolute Gasteiger partial charge is 0.490 e. The van der Waals surface area contributed by atoms with Crippen molar-refractivity contribution in [2.24, 2.45) is 11.7 Å². The second-order valence-corrected chi connectivity index (χ2v) is 5.66. The molecule has 1 fully saturated rings. The number of halogens is 1. The molecule has 3 heteroatoms. The van der Waals surface area contributed by atoms with Gasteiger partial charge in [0.15, 0.2) is 0 Å². The molecule has 92 valence electrons. The van der Waals surface area contributed by atoms with Crippen LogP contribution in [-0.2, 0) is 0 Å². The maximum absolute atomic E-state index is 6.23. The molecule has 2 atom stereocenters. The van der Waals surface area contributed by atoms with Crippen LogP contribution in [0.2, 0.25) is 5.02 Å². The molecule has 2 N–H and O–H groups in total. The molecule has 0 bridgehead atoms. The SMILES string of the molecule is N[C@@H]1CC(C2CCCC2)Oc2ccc(Cl)cc21. The fraction of sp³-hybridized carbons (Fsp3) is 0.571. The van der Waals surface area contributed by atoms with Crippen LogP contribution in [-0.4, -0.2) is 6.10 Å². The van der Waals surface area contributed by atoms with Crippen molar-refractivity contribution < 1.29 is 4.74 Å². The van der Waals surface area contributed by atoms with Gasteiger partial charge in [-0.05, 0) is 37.0 Å². The summed E-state index contributed by atoms with van der Waals surface area (Å²) >= 11 is 5.99. The van der Waals surface area contributed by atoms with Gasteiger partial charge < -0.3 is 10.5 Å². The third-order valence-corrected chi connectivity index (χ3v) is 4.30. The van der Waals surface area contributed by atoms with Crippen molar-refractivity contribution in [3.63, 3.8) is 0 Å². The van der Waals surface area contributed by atoms with Crippen molar-refractivity contribution >= 4 is 11.6 Å². The van der Waals surface area contributed by atoms with E-state index >= 15 is 0 Å². The van der Waals surface area contributed by atoms with E-state index in [9.17, 15) is 0 Å². The van der Waals surface area contributed by atoms with Gasteiger partial charge in [-0.1, -0.05) is 24.4 Å². The summed E-state index contributed by atoms with van der Waals surface area (Å²) in [5.74, 6) is 1.63. The van der Waals surface area contributed by atoms with E-state index in [1.165, 1.54) is 25.7 Å². The van der Waals surface area contributed by atoms with Gasteiger partial charge >= 0.3 is 0 Å². The van der Waals surface area contributed by atoms with Gasteiger partial charge in [-0.2, -0.15) is 0 Å². The normalized spacial score (nSPS) is 28.8. The Morgan fingerprint density at radius 2 is 2.00 bits per heavy atom. The molecule has 0 amide bonds. The number of nitrogens with two attached hydrogens (primary N) is 1. The minimum absolute atomic E-state index is 0.0723. The predicted octanol–water partition coefficient (Wildman–Crippen LogP) is 3.68. The predicted molar refractivity (Wildman–Crippen MR) is 69.4 cm³/mol. The Morgan fingerprint density at radius 1 is 1.24 bits per heavy atom. The van der Waals surface area contributed by atoms with E-state index in [-0.39, 0.29) is 6.04 Å². The molecule has 0 spiro atoms. The Kier molecular flexibility index (Phi) is 3.01. The average Bonchev–Trinajstić information content (AvgIpc) is 2.83. The summed E-state index contributed by atoms with van der Waals surface area (Å²) in [6, 6.07) is 5.85. The number of benzene rings is 1. The van der Waals surface area contributed by atoms with E-state index in [0.29, 0.717) is 12.0 Å². The summed E-state index contributed by atoms with van der Waals surface area (Å²) in [6.45, 7) is 0. The van der Waals surface area contributed by atoms with Crippen molar-refractivity contribution in [1.82, 2.24) is 0 Å². The lowest BCUT2D eigenvalue weighted by atomic mass is 9.89. The number of rotatable bonds is 1. The number of fused-ring (bicyclic) bond motifs is 1. The molecule has 2 nitrogen and oxygen atoms in total. The highest BCUT2D eigenvalue weighted by Crippen LogP contribution is 2.40. The highest BCUT2D eigenvalue weighted by Gasteiger charge is 2.33. The maximum atomic E-state index is 6.23. The lowest BCUT2D eigenvalue weighted by Crippen LogP contribution is -2.34. The van der Waals surface area contributed by atoms with E-state index in [2.05, 4.69) is 0 Å². The second kappa shape index (κ2) is 4.51. The summed E-state index contributed by atoms with van der Waals surface area (Å²) < 4.78 is 6.10. The summed E-state index contributed by atoms with van der Waals surface area (Å²) in [7, 11) is 0. The molecule has 1 saturated carbocycles. The first-order valence-electron chi connectivity index (χ1n) is 6.46. The monoisotopic (exact) mass is 251 g/mol. The molecule has 0 radical (unpaired) electrons. The van der Waals surface area contributed by atoms with Gasteiger partial charge in [0.2, 0.25) is 0 Å². The van der Waals surface area contributed by atoms with E-state index in [1.807, 2.05) is 18.2 Å². The van der Waals surface area contributed by atoms with Crippen LogP contribution in [0.3, 0.4) is 0 Å². The molecular formula is C14H18ClNO. The van der Waals surface area contributed by atoms with Gasteiger partial charge in [-0.25, -0.2) is 0 Å². The molecule has 0 aromatic heterocycles. The first-order chi connectivity index (χ1) is 8.24. The zero-order valence-electron chi connectivity index (χ0n) is 9.86. The number of ether oxygens (including phenoxy) is 1. The van der Waals surface area contributed by atoms with Crippen LogP contribution in [0.4, 0.5) is 0 Å². The maximum Gasteiger partial charge on any atom is 0.124 e. The van der Waals surface area contributed by atoms with Gasteiger partial charge in [0.25, 0.3) is 0 Å². The van der Waals surface area contributed by atoms with E-state index in [1.54, 1.807) is 0 Å². The molecule has 17 heavy (non-hydrogen) atoms. The van der Waals surface area contributed by atoms with Crippen molar-refractivity contribution in [2.45, 2.75) is 44.2 Å². The van der Waals surface area contributed by atoms with Crippen LogP contribution in [0.5, 0.6) is 5.75 Å². The van der Waals surface area contributed by atoms with Crippen molar-refractivity contribution in [1.29, 1.82) is 0 Å². The molecule has 1 aromatic carbocycles. The molecule has 1 heterocycles. The molecule has 1 aromatic rings. The molecule has 1 aliphatic carbocycles. The fourth-order valence-corrected chi connectivity index (χ4v) is 3.30. The molecule has 2 aliphatic rings. The Morgan fingerprint density at radius 3 is 2.76 bits per heavy atom. The van der Waals surface area contributed by atoms with Crippen LogP contribution < -0.4 is 10.5 Å². The standard InChI is InChI=1S/C14H18ClNO/c15-10-5-6-13-11(7-10)12(16)8-14(17-13)9-3-1-2-4-9/h5-7,9,12,14H,1-4,8,16H2/t12-,14?/m1/s1. The van der Waals surface area contributed by atoms with Crippen LogP contribution in [0, 0.1) is 5.92 Å². The van der Waals surface area contributed by atoms with E-state index < -0.39 is 0 Å².